The van der Waals surface area contributed by atoms with Crippen LogP contribution in [0.4, 0.5) is 18.9 Å². The van der Waals surface area contributed by atoms with Gasteiger partial charge in [-0.1, -0.05) is 42.5 Å². The fourth-order valence-electron chi connectivity index (χ4n) is 5.12. The molecule has 1 saturated heterocycles. The van der Waals surface area contributed by atoms with Crippen molar-refractivity contribution >= 4 is 22.5 Å². The summed E-state index contributed by atoms with van der Waals surface area (Å²) in [4.78, 5) is 20.6. The standard InChI is InChI=1S/C29H28F3N3O2/c1-37-27-12-5-3-10-23(27)24(25-19-33-26-11-4-2-9-22(25)26)18-28(36)35-15-13-34(14-16-35)21-8-6-7-20(17-21)29(30,31)32/h2-12,17,19,24,33H,13-16,18H2,1H3. The first-order chi connectivity index (χ1) is 17.8. The van der Waals surface area contributed by atoms with E-state index in [4.69, 9.17) is 4.74 Å². The number of benzene rings is 3. The number of rotatable bonds is 6. The van der Waals surface area contributed by atoms with Crippen molar-refractivity contribution in [2.45, 2.75) is 18.5 Å². The number of ether oxygens (including phenoxy) is 1. The van der Waals surface area contributed by atoms with E-state index in [0.29, 0.717) is 31.9 Å². The number of hydrogen-bond donors (Lipinski definition) is 1. The normalized spacial score (nSPS) is 15.1. The van der Waals surface area contributed by atoms with Gasteiger partial charge in [0.25, 0.3) is 0 Å². The van der Waals surface area contributed by atoms with E-state index in [2.05, 4.69) is 4.98 Å². The molecule has 5 nitrogen and oxygen atoms in total. The van der Waals surface area contributed by atoms with Crippen LogP contribution in [0.3, 0.4) is 0 Å². The fraction of sp³-hybridized carbons (Fsp3) is 0.276. The van der Waals surface area contributed by atoms with Crippen LogP contribution in [0.1, 0.15) is 29.0 Å². The Bertz CT molecular complexity index is 1390. The van der Waals surface area contributed by atoms with E-state index in [0.717, 1.165) is 33.8 Å². The lowest BCUT2D eigenvalue weighted by atomic mass is 9.87. The Morgan fingerprint density at radius 3 is 2.43 bits per heavy atom. The van der Waals surface area contributed by atoms with Gasteiger partial charge in [0.15, 0.2) is 0 Å². The van der Waals surface area contributed by atoms with Crippen LogP contribution in [0.2, 0.25) is 0 Å². The van der Waals surface area contributed by atoms with Crippen molar-refractivity contribution in [3.63, 3.8) is 0 Å². The lowest BCUT2D eigenvalue weighted by molar-refractivity contribution is -0.137. The number of aromatic amines is 1. The number of methoxy groups -OCH3 is 1. The highest BCUT2D eigenvalue weighted by Gasteiger charge is 2.32. The number of hydrogen-bond acceptors (Lipinski definition) is 3. The highest BCUT2D eigenvalue weighted by molar-refractivity contribution is 5.86. The SMILES string of the molecule is COc1ccccc1C(CC(=O)N1CCN(c2cccc(C(F)(F)F)c2)CC1)c1c[nH]c2ccccc12. The van der Waals surface area contributed by atoms with Crippen molar-refractivity contribution in [1.29, 1.82) is 0 Å². The summed E-state index contributed by atoms with van der Waals surface area (Å²) < 4.78 is 45.1. The molecule has 1 N–H and O–H groups in total. The zero-order valence-corrected chi connectivity index (χ0v) is 20.5. The molecule has 3 aromatic carbocycles. The number of carbonyl (C=O) groups excluding carboxylic acids is 1. The number of nitrogens with one attached hydrogen (secondary N) is 1. The van der Waals surface area contributed by atoms with Crippen LogP contribution in [0.5, 0.6) is 5.75 Å². The topological polar surface area (TPSA) is 48.6 Å². The Labute approximate surface area is 213 Å². The molecule has 1 aliphatic rings. The van der Waals surface area contributed by atoms with Crippen molar-refractivity contribution < 1.29 is 22.7 Å². The van der Waals surface area contributed by atoms with Crippen LogP contribution < -0.4 is 9.64 Å². The number of anilines is 1. The number of para-hydroxylation sites is 2. The molecule has 5 rings (SSSR count). The van der Waals surface area contributed by atoms with Gasteiger partial charge in [0.1, 0.15) is 5.75 Å². The third-order valence-corrected chi connectivity index (χ3v) is 7.06. The van der Waals surface area contributed by atoms with Crippen LogP contribution in [-0.4, -0.2) is 49.1 Å². The summed E-state index contributed by atoms with van der Waals surface area (Å²) in [6.07, 6.45) is -2.17. The summed E-state index contributed by atoms with van der Waals surface area (Å²) in [7, 11) is 1.62. The van der Waals surface area contributed by atoms with E-state index in [1.165, 1.54) is 12.1 Å². The van der Waals surface area contributed by atoms with Gasteiger partial charge in [0.2, 0.25) is 5.91 Å². The third-order valence-electron chi connectivity index (χ3n) is 7.06. The molecular weight excluding hydrogens is 479 g/mol. The van der Waals surface area contributed by atoms with E-state index in [1.807, 2.05) is 59.6 Å². The van der Waals surface area contributed by atoms with Gasteiger partial charge < -0.3 is 19.5 Å². The van der Waals surface area contributed by atoms with Crippen LogP contribution in [0.15, 0.2) is 79.0 Å². The molecule has 0 spiro atoms. The van der Waals surface area contributed by atoms with Crippen molar-refractivity contribution in [3.8, 4) is 5.75 Å². The molecule has 0 radical (unpaired) electrons. The Morgan fingerprint density at radius 2 is 1.68 bits per heavy atom. The first kappa shape index (κ1) is 24.7. The van der Waals surface area contributed by atoms with Crippen molar-refractivity contribution in [2.75, 3.05) is 38.2 Å². The maximum absolute atomic E-state index is 13.5. The summed E-state index contributed by atoms with van der Waals surface area (Å²) in [6, 6.07) is 21.1. The van der Waals surface area contributed by atoms with Crippen molar-refractivity contribution in [1.82, 2.24) is 9.88 Å². The molecule has 192 valence electrons. The number of H-pyrrole nitrogens is 1. The van der Waals surface area contributed by atoms with Crippen molar-refractivity contribution in [2.24, 2.45) is 0 Å². The van der Waals surface area contributed by atoms with Gasteiger partial charge in [-0.3, -0.25) is 4.79 Å². The molecular formula is C29H28F3N3O2. The molecule has 1 amide bonds. The van der Waals surface area contributed by atoms with Gasteiger partial charge in [0.05, 0.1) is 12.7 Å². The number of fused-ring (bicyclic) bond motifs is 1. The first-order valence-corrected chi connectivity index (χ1v) is 12.2. The minimum Gasteiger partial charge on any atom is -0.496 e. The van der Waals surface area contributed by atoms with Gasteiger partial charge in [-0.25, -0.2) is 0 Å². The van der Waals surface area contributed by atoms with Gasteiger partial charge in [-0.15, -0.1) is 0 Å². The van der Waals surface area contributed by atoms with Gasteiger partial charge in [-0.2, -0.15) is 13.2 Å². The number of aromatic nitrogens is 1. The summed E-state index contributed by atoms with van der Waals surface area (Å²) in [5.74, 6) is 0.506. The highest BCUT2D eigenvalue weighted by Crippen LogP contribution is 2.38. The maximum atomic E-state index is 13.5. The number of piperazine rings is 1. The van der Waals surface area contributed by atoms with Gasteiger partial charge >= 0.3 is 6.18 Å². The predicted molar refractivity (Wildman–Crippen MR) is 138 cm³/mol. The van der Waals surface area contributed by atoms with E-state index in [9.17, 15) is 18.0 Å². The fourth-order valence-corrected chi connectivity index (χ4v) is 5.12. The van der Waals surface area contributed by atoms with Crippen LogP contribution in [-0.2, 0) is 11.0 Å². The lowest BCUT2D eigenvalue weighted by Crippen LogP contribution is -2.49. The number of halogens is 3. The predicted octanol–water partition coefficient (Wildman–Crippen LogP) is 6.07. The Kier molecular flexibility index (Phi) is 6.82. The first-order valence-electron chi connectivity index (χ1n) is 12.2. The minimum absolute atomic E-state index is 0.00452. The Balaban J connectivity index is 1.35. The number of nitrogens with zero attached hydrogens (tertiary/aromatic N) is 2. The Hall–Kier alpha value is -3.94. The van der Waals surface area contributed by atoms with Crippen LogP contribution in [0.25, 0.3) is 10.9 Å². The largest absolute Gasteiger partial charge is 0.496 e. The molecule has 1 atom stereocenters. The molecule has 2 heterocycles. The molecule has 4 aromatic rings. The highest BCUT2D eigenvalue weighted by atomic mass is 19.4. The van der Waals surface area contributed by atoms with E-state index >= 15 is 0 Å². The van der Waals surface area contributed by atoms with Crippen molar-refractivity contribution in [3.05, 3.63) is 95.7 Å². The number of alkyl halides is 3. The summed E-state index contributed by atoms with van der Waals surface area (Å²) in [5, 5.41) is 1.06. The summed E-state index contributed by atoms with van der Waals surface area (Å²) in [5.41, 5.74) is 2.82. The molecule has 8 heteroatoms. The summed E-state index contributed by atoms with van der Waals surface area (Å²) >= 11 is 0. The number of carbonyl (C=O) groups is 1. The van der Waals surface area contributed by atoms with Crippen LogP contribution in [0, 0.1) is 0 Å². The molecule has 0 bridgehead atoms. The monoisotopic (exact) mass is 507 g/mol. The molecule has 1 fully saturated rings. The molecule has 1 aliphatic heterocycles. The average molecular weight is 508 g/mol. The second kappa shape index (κ2) is 10.2. The van der Waals surface area contributed by atoms with E-state index in [-0.39, 0.29) is 18.2 Å². The van der Waals surface area contributed by atoms with Crippen LogP contribution >= 0.6 is 0 Å². The third kappa shape index (κ3) is 5.14. The number of amides is 1. The zero-order chi connectivity index (χ0) is 26.0. The second-order valence-electron chi connectivity index (χ2n) is 9.20. The zero-order valence-electron chi connectivity index (χ0n) is 20.5. The molecule has 37 heavy (non-hydrogen) atoms. The smallest absolute Gasteiger partial charge is 0.416 e. The van der Waals surface area contributed by atoms with E-state index in [1.54, 1.807) is 18.1 Å². The Morgan fingerprint density at radius 1 is 0.946 bits per heavy atom. The molecule has 0 saturated carbocycles. The quantitative estimate of drug-likeness (QED) is 0.345. The molecule has 1 aromatic heterocycles. The van der Waals surface area contributed by atoms with E-state index < -0.39 is 11.7 Å². The second-order valence-corrected chi connectivity index (χ2v) is 9.20. The van der Waals surface area contributed by atoms with Gasteiger partial charge in [0, 0.05) is 66.9 Å². The average Bonchev–Trinajstić information content (AvgIpc) is 3.35. The maximum Gasteiger partial charge on any atom is 0.416 e. The molecule has 0 aliphatic carbocycles. The minimum atomic E-state index is -4.39. The van der Waals surface area contributed by atoms with Gasteiger partial charge in [-0.05, 0) is 35.9 Å². The summed E-state index contributed by atoms with van der Waals surface area (Å²) in [6.45, 7) is 1.84. The lowest BCUT2D eigenvalue weighted by Gasteiger charge is -2.37. The molecule has 1 unspecified atom stereocenters.